The van der Waals surface area contributed by atoms with E-state index in [9.17, 15) is 4.79 Å². The van der Waals surface area contributed by atoms with E-state index < -0.39 is 0 Å². The van der Waals surface area contributed by atoms with Gasteiger partial charge in [-0.3, -0.25) is 15.6 Å². The maximum Gasteiger partial charge on any atom is 0.269 e. The van der Waals surface area contributed by atoms with E-state index in [0.29, 0.717) is 23.6 Å². The number of aromatic nitrogens is 4. The number of hydrogen-bond donors (Lipinski definition) is 2. The van der Waals surface area contributed by atoms with Gasteiger partial charge in [0.2, 0.25) is 0 Å². The molecule has 0 fully saturated rings. The fourth-order valence-electron chi connectivity index (χ4n) is 2.64. The third-order valence-corrected chi connectivity index (χ3v) is 3.94. The molecule has 0 radical (unpaired) electrons. The van der Waals surface area contributed by atoms with Crippen LogP contribution in [0.2, 0.25) is 0 Å². The van der Waals surface area contributed by atoms with Gasteiger partial charge in [-0.2, -0.15) is 5.10 Å². The minimum Gasteiger partial charge on any atom is -0.281 e. The molecule has 0 bridgehead atoms. The van der Waals surface area contributed by atoms with Gasteiger partial charge in [0.25, 0.3) is 5.91 Å². The number of carbonyl (C=O) groups excluding carboxylic acids is 1. The summed E-state index contributed by atoms with van der Waals surface area (Å²) in [5, 5.41) is 5.13. The van der Waals surface area contributed by atoms with Crippen LogP contribution in [0.25, 0.3) is 11.0 Å². The van der Waals surface area contributed by atoms with Gasteiger partial charge < -0.3 is 0 Å². The van der Waals surface area contributed by atoms with E-state index in [1.807, 2.05) is 48.5 Å². The number of nitrogens with one attached hydrogen (secondary N) is 2. The predicted molar refractivity (Wildman–Crippen MR) is 98.4 cm³/mol. The zero-order chi connectivity index (χ0) is 17.8. The van der Waals surface area contributed by atoms with Crippen LogP contribution < -0.4 is 10.9 Å². The second-order valence-electron chi connectivity index (χ2n) is 5.69. The molecule has 0 saturated carbocycles. The van der Waals surface area contributed by atoms with E-state index in [0.717, 1.165) is 10.9 Å². The number of hydrogen-bond acceptors (Lipinski definition) is 5. The smallest absolute Gasteiger partial charge is 0.269 e. The van der Waals surface area contributed by atoms with Crippen molar-refractivity contribution >= 4 is 22.8 Å². The van der Waals surface area contributed by atoms with Crippen molar-refractivity contribution in [3.8, 4) is 0 Å². The van der Waals surface area contributed by atoms with Crippen molar-refractivity contribution in [2.75, 3.05) is 5.43 Å². The summed E-state index contributed by atoms with van der Waals surface area (Å²) in [4.78, 5) is 20.7. The first-order chi connectivity index (χ1) is 12.8. The molecular formula is C19H16N6O. The summed E-state index contributed by atoms with van der Waals surface area (Å²) < 4.78 is 1.80. The van der Waals surface area contributed by atoms with E-state index >= 15 is 0 Å². The Balaban J connectivity index is 1.54. The molecule has 0 saturated heterocycles. The third-order valence-electron chi connectivity index (χ3n) is 3.94. The molecule has 128 valence electrons. The van der Waals surface area contributed by atoms with Crippen molar-refractivity contribution in [2.45, 2.75) is 6.54 Å². The van der Waals surface area contributed by atoms with Gasteiger partial charge in [-0.1, -0.05) is 48.5 Å². The summed E-state index contributed by atoms with van der Waals surface area (Å²) in [5.41, 5.74) is 7.89. The molecule has 0 aliphatic carbocycles. The van der Waals surface area contributed by atoms with Crippen LogP contribution in [-0.2, 0) is 6.54 Å². The van der Waals surface area contributed by atoms with Gasteiger partial charge in [0.1, 0.15) is 6.33 Å². The average molecular weight is 344 g/mol. The Hall–Kier alpha value is -3.74. The minimum absolute atomic E-state index is 0.242. The summed E-state index contributed by atoms with van der Waals surface area (Å²) in [7, 11) is 0. The number of hydrazine groups is 1. The van der Waals surface area contributed by atoms with Crippen LogP contribution >= 0.6 is 0 Å². The fraction of sp³-hybridized carbons (Fsp3) is 0.0526. The highest BCUT2D eigenvalue weighted by Gasteiger charge is 2.11. The van der Waals surface area contributed by atoms with Crippen molar-refractivity contribution in [3.63, 3.8) is 0 Å². The maximum absolute atomic E-state index is 12.2. The molecule has 7 nitrogen and oxygen atoms in total. The third kappa shape index (κ3) is 3.23. The molecule has 0 spiro atoms. The quantitative estimate of drug-likeness (QED) is 0.544. The number of benzene rings is 2. The van der Waals surface area contributed by atoms with Gasteiger partial charge in [0.05, 0.1) is 18.1 Å². The van der Waals surface area contributed by atoms with E-state index in [2.05, 4.69) is 25.9 Å². The fourth-order valence-corrected chi connectivity index (χ4v) is 2.64. The Kier molecular flexibility index (Phi) is 4.26. The highest BCUT2D eigenvalue weighted by atomic mass is 16.2. The summed E-state index contributed by atoms with van der Waals surface area (Å²) in [6.07, 6.45) is 3.14. The molecule has 2 N–H and O–H groups in total. The molecule has 4 aromatic rings. The van der Waals surface area contributed by atoms with Crippen LogP contribution in [0.3, 0.4) is 0 Å². The second kappa shape index (κ2) is 7.02. The molecule has 0 atom stereocenters. The Bertz CT molecular complexity index is 1030. The van der Waals surface area contributed by atoms with Crippen molar-refractivity contribution in [1.29, 1.82) is 0 Å². The lowest BCUT2D eigenvalue weighted by Crippen LogP contribution is -2.29. The SMILES string of the molecule is O=C(NNc1ncnc2c1cnn2Cc1ccccc1)c1ccccc1. The monoisotopic (exact) mass is 344 g/mol. The number of amides is 1. The topological polar surface area (TPSA) is 84.7 Å². The predicted octanol–water partition coefficient (Wildman–Crippen LogP) is 2.63. The van der Waals surface area contributed by atoms with E-state index in [1.165, 1.54) is 6.33 Å². The molecule has 4 rings (SSSR count). The van der Waals surface area contributed by atoms with Gasteiger partial charge >= 0.3 is 0 Å². The molecule has 0 unspecified atom stereocenters. The van der Waals surface area contributed by atoms with Crippen LogP contribution in [0.4, 0.5) is 5.82 Å². The number of nitrogens with zero attached hydrogens (tertiary/aromatic N) is 4. The highest BCUT2D eigenvalue weighted by Crippen LogP contribution is 2.18. The van der Waals surface area contributed by atoms with Gasteiger partial charge in [0, 0.05) is 5.56 Å². The van der Waals surface area contributed by atoms with Crippen LogP contribution in [0.15, 0.2) is 73.2 Å². The first-order valence-electron chi connectivity index (χ1n) is 8.13. The Labute approximate surface area is 149 Å². The molecule has 2 aromatic carbocycles. The average Bonchev–Trinajstić information content (AvgIpc) is 3.11. The van der Waals surface area contributed by atoms with Crippen LogP contribution in [0, 0.1) is 0 Å². The minimum atomic E-state index is -0.242. The summed E-state index contributed by atoms with van der Waals surface area (Å²) in [5.74, 6) is 0.257. The Morgan fingerprint density at radius 1 is 0.962 bits per heavy atom. The molecule has 0 aliphatic rings. The summed E-state index contributed by atoms with van der Waals surface area (Å²) in [6, 6.07) is 19.0. The van der Waals surface area contributed by atoms with E-state index in [-0.39, 0.29) is 5.91 Å². The van der Waals surface area contributed by atoms with E-state index in [4.69, 9.17) is 0 Å². The van der Waals surface area contributed by atoms with Gasteiger partial charge in [-0.05, 0) is 17.7 Å². The van der Waals surface area contributed by atoms with Crippen molar-refractivity contribution in [2.24, 2.45) is 0 Å². The number of fused-ring (bicyclic) bond motifs is 1. The lowest BCUT2D eigenvalue weighted by molar-refractivity contribution is 0.0962. The standard InChI is InChI=1S/C19H16N6O/c26-19(15-9-5-2-6-10-15)24-23-17-16-11-22-25(18(16)21-13-20-17)12-14-7-3-1-4-8-14/h1-11,13H,12H2,(H,24,26)(H,20,21,23). The Morgan fingerprint density at radius 3 is 2.46 bits per heavy atom. The second-order valence-corrected chi connectivity index (χ2v) is 5.69. The van der Waals surface area contributed by atoms with Gasteiger partial charge in [-0.25, -0.2) is 14.6 Å². The largest absolute Gasteiger partial charge is 0.281 e. The number of carbonyl (C=O) groups is 1. The highest BCUT2D eigenvalue weighted by molar-refractivity contribution is 5.95. The van der Waals surface area contributed by atoms with Crippen LogP contribution in [0.5, 0.6) is 0 Å². The lowest BCUT2D eigenvalue weighted by Gasteiger charge is -2.08. The lowest BCUT2D eigenvalue weighted by atomic mass is 10.2. The maximum atomic E-state index is 12.2. The van der Waals surface area contributed by atoms with Crippen molar-refractivity contribution < 1.29 is 4.79 Å². The molecule has 7 heteroatoms. The first-order valence-corrected chi connectivity index (χ1v) is 8.13. The molecule has 2 aromatic heterocycles. The van der Waals surface area contributed by atoms with Gasteiger partial charge in [0.15, 0.2) is 11.5 Å². The number of rotatable bonds is 5. The molecule has 0 aliphatic heterocycles. The summed E-state index contributed by atoms with van der Waals surface area (Å²) >= 11 is 0. The molecular weight excluding hydrogens is 328 g/mol. The zero-order valence-electron chi connectivity index (χ0n) is 13.8. The van der Waals surface area contributed by atoms with Crippen molar-refractivity contribution in [1.82, 2.24) is 25.2 Å². The molecule has 2 heterocycles. The number of anilines is 1. The normalized spacial score (nSPS) is 10.6. The molecule has 26 heavy (non-hydrogen) atoms. The van der Waals surface area contributed by atoms with Gasteiger partial charge in [-0.15, -0.1) is 0 Å². The zero-order valence-corrected chi connectivity index (χ0v) is 13.8. The summed E-state index contributed by atoms with van der Waals surface area (Å²) in [6.45, 7) is 0.608. The van der Waals surface area contributed by atoms with Crippen LogP contribution in [0.1, 0.15) is 15.9 Å². The molecule has 1 amide bonds. The van der Waals surface area contributed by atoms with Crippen molar-refractivity contribution in [3.05, 3.63) is 84.3 Å². The first kappa shape index (κ1) is 15.8. The van der Waals surface area contributed by atoms with Crippen LogP contribution in [-0.4, -0.2) is 25.7 Å². The Morgan fingerprint density at radius 2 is 1.69 bits per heavy atom. The van der Waals surface area contributed by atoms with E-state index in [1.54, 1.807) is 23.0 Å².